The first-order chi connectivity index (χ1) is 8.20. The topological polar surface area (TPSA) is 37.3 Å². The van der Waals surface area contributed by atoms with E-state index in [9.17, 15) is 9.90 Å². The highest BCUT2D eigenvalue weighted by Crippen LogP contribution is 2.12. The van der Waals surface area contributed by atoms with Gasteiger partial charge in [-0.3, -0.25) is 4.79 Å². The Labute approximate surface area is 107 Å². The molecule has 0 spiro atoms. The van der Waals surface area contributed by atoms with Crippen molar-refractivity contribution < 1.29 is 9.90 Å². The Balaban J connectivity index is 3.26. The van der Waals surface area contributed by atoms with Crippen molar-refractivity contribution in [2.75, 3.05) is 0 Å². The maximum Gasteiger partial charge on any atom is 0.132 e. The van der Waals surface area contributed by atoms with E-state index in [1.54, 1.807) is 0 Å². The second-order valence-electron chi connectivity index (χ2n) is 5.04. The van der Waals surface area contributed by atoms with Gasteiger partial charge in [0, 0.05) is 12.8 Å². The number of hydrogen-bond donors (Lipinski definition) is 1. The average Bonchev–Trinajstić information content (AvgIpc) is 2.31. The SMILES string of the molecule is CCCCCC[C@H](O)CCCCC(=O)CCC. The molecule has 0 fully saturated rings. The molecule has 17 heavy (non-hydrogen) atoms. The van der Waals surface area contributed by atoms with Crippen molar-refractivity contribution in [2.45, 2.75) is 90.6 Å². The van der Waals surface area contributed by atoms with E-state index in [2.05, 4.69) is 6.92 Å². The number of hydrogen-bond acceptors (Lipinski definition) is 2. The summed E-state index contributed by atoms with van der Waals surface area (Å²) in [5.74, 6) is 0.380. The van der Waals surface area contributed by atoms with E-state index in [-0.39, 0.29) is 6.10 Å². The Hall–Kier alpha value is -0.370. The Kier molecular flexibility index (Phi) is 11.8. The average molecular weight is 242 g/mol. The molecule has 0 heterocycles. The van der Waals surface area contributed by atoms with Gasteiger partial charge in [-0.05, 0) is 25.7 Å². The maximum absolute atomic E-state index is 11.3. The number of unbranched alkanes of at least 4 members (excludes halogenated alkanes) is 4. The molecule has 0 aromatic heterocycles. The van der Waals surface area contributed by atoms with Crippen molar-refractivity contribution >= 4 is 5.78 Å². The van der Waals surface area contributed by atoms with Crippen molar-refractivity contribution in [3.63, 3.8) is 0 Å². The number of aliphatic hydroxyl groups excluding tert-OH is 1. The molecule has 0 aromatic carbocycles. The molecule has 0 saturated heterocycles. The summed E-state index contributed by atoms with van der Waals surface area (Å²) >= 11 is 0. The Morgan fingerprint density at radius 1 is 0.882 bits per heavy atom. The third kappa shape index (κ3) is 11.9. The quantitative estimate of drug-likeness (QED) is 0.519. The lowest BCUT2D eigenvalue weighted by molar-refractivity contribution is -0.119. The zero-order valence-electron chi connectivity index (χ0n) is 11.7. The molecule has 0 amide bonds. The van der Waals surface area contributed by atoms with E-state index < -0.39 is 0 Å². The van der Waals surface area contributed by atoms with Gasteiger partial charge in [-0.1, -0.05) is 46.0 Å². The first-order valence-electron chi connectivity index (χ1n) is 7.40. The van der Waals surface area contributed by atoms with Gasteiger partial charge in [0.15, 0.2) is 0 Å². The first-order valence-corrected chi connectivity index (χ1v) is 7.40. The molecule has 2 heteroatoms. The zero-order valence-corrected chi connectivity index (χ0v) is 11.7. The third-order valence-electron chi connectivity index (χ3n) is 3.16. The monoisotopic (exact) mass is 242 g/mol. The van der Waals surface area contributed by atoms with E-state index in [1.165, 1.54) is 19.3 Å². The van der Waals surface area contributed by atoms with Crippen LogP contribution in [0.15, 0.2) is 0 Å². The first kappa shape index (κ1) is 16.6. The minimum absolute atomic E-state index is 0.145. The molecule has 0 unspecified atom stereocenters. The molecule has 0 aromatic rings. The molecule has 1 N–H and O–H groups in total. The molecule has 0 radical (unpaired) electrons. The Morgan fingerprint density at radius 2 is 1.53 bits per heavy atom. The zero-order chi connectivity index (χ0) is 12.9. The van der Waals surface area contributed by atoms with E-state index in [0.29, 0.717) is 12.2 Å². The Bertz CT molecular complexity index is 178. The van der Waals surface area contributed by atoms with Crippen LogP contribution in [-0.2, 0) is 4.79 Å². The van der Waals surface area contributed by atoms with Crippen molar-refractivity contribution in [1.82, 2.24) is 0 Å². The predicted octanol–water partition coefficient (Wildman–Crippen LogP) is 4.25. The molecule has 0 aliphatic heterocycles. The van der Waals surface area contributed by atoms with Gasteiger partial charge in [-0.15, -0.1) is 0 Å². The number of ketones is 1. The van der Waals surface area contributed by atoms with Crippen molar-refractivity contribution in [1.29, 1.82) is 0 Å². The van der Waals surface area contributed by atoms with Crippen LogP contribution in [0, 0.1) is 0 Å². The maximum atomic E-state index is 11.3. The van der Waals surface area contributed by atoms with Crippen molar-refractivity contribution in [2.24, 2.45) is 0 Å². The van der Waals surface area contributed by atoms with Crippen LogP contribution in [0.1, 0.15) is 84.5 Å². The smallest absolute Gasteiger partial charge is 0.132 e. The van der Waals surface area contributed by atoms with Crippen LogP contribution in [0.4, 0.5) is 0 Å². The molecule has 0 rings (SSSR count). The van der Waals surface area contributed by atoms with Crippen LogP contribution < -0.4 is 0 Å². The summed E-state index contributed by atoms with van der Waals surface area (Å²) in [5.41, 5.74) is 0. The molecule has 2 nitrogen and oxygen atoms in total. The highest BCUT2D eigenvalue weighted by Gasteiger charge is 2.05. The highest BCUT2D eigenvalue weighted by atomic mass is 16.3. The summed E-state index contributed by atoms with van der Waals surface area (Å²) in [6.45, 7) is 4.24. The van der Waals surface area contributed by atoms with Crippen molar-refractivity contribution in [3.05, 3.63) is 0 Å². The fourth-order valence-electron chi connectivity index (χ4n) is 2.06. The lowest BCUT2D eigenvalue weighted by Crippen LogP contribution is -2.06. The number of rotatable bonds is 12. The van der Waals surface area contributed by atoms with Gasteiger partial charge in [0.05, 0.1) is 6.10 Å². The van der Waals surface area contributed by atoms with Crippen LogP contribution in [0.3, 0.4) is 0 Å². The van der Waals surface area contributed by atoms with Crippen LogP contribution in [0.5, 0.6) is 0 Å². The van der Waals surface area contributed by atoms with Crippen LogP contribution >= 0.6 is 0 Å². The summed E-state index contributed by atoms with van der Waals surface area (Å²) in [6, 6.07) is 0. The highest BCUT2D eigenvalue weighted by molar-refractivity contribution is 5.78. The second kappa shape index (κ2) is 12.1. The van der Waals surface area contributed by atoms with Crippen molar-refractivity contribution in [3.8, 4) is 0 Å². The minimum Gasteiger partial charge on any atom is -0.393 e. The number of carbonyl (C=O) groups is 1. The fraction of sp³-hybridized carbons (Fsp3) is 0.933. The summed E-state index contributed by atoms with van der Waals surface area (Å²) in [6.07, 6.45) is 10.9. The second-order valence-corrected chi connectivity index (χ2v) is 5.04. The summed E-state index contributed by atoms with van der Waals surface area (Å²) in [7, 11) is 0. The summed E-state index contributed by atoms with van der Waals surface area (Å²) in [5, 5.41) is 9.73. The summed E-state index contributed by atoms with van der Waals surface area (Å²) in [4.78, 5) is 11.3. The largest absolute Gasteiger partial charge is 0.393 e. The Morgan fingerprint density at radius 3 is 2.12 bits per heavy atom. The lowest BCUT2D eigenvalue weighted by Gasteiger charge is -2.09. The van der Waals surface area contributed by atoms with Gasteiger partial charge in [-0.2, -0.15) is 0 Å². The fourth-order valence-corrected chi connectivity index (χ4v) is 2.06. The van der Waals surface area contributed by atoms with E-state index in [0.717, 1.165) is 44.9 Å². The van der Waals surface area contributed by atoms with Gasteiger partial charge < -0.3 is 5.11 Å². The molecule has 102 valence electrons. The third-order valence-corrected chi connectivity index (χ3v) is 3.16. The van der Waals surface area contributed by atoms with Crippen LogP contribution in [0.2, 0.25) is 0 Å². The van der Waals surface area contributed by atoms with Gasteiger partial charge in [-0.25, -0.2) is 0 Å². The number of aliphatic hydroxyl groups is 1. The molecule has 0 aliphatic rings. The van der Waals surface area contributed by atoms with Crippen LogP contribution in [-0.4, -0.2) is 17.0 Å². The summed E-state index contributed by atoms with van der Waals surface area (Å²) < 4.78 is 0. The molecular weight excluding hydrogens is 212 g/mol. The molecule has 0 aliphatic carbocycles. The predicted molar refractivity (Wildman–Crippen MR) is 73.1 cm³/mol. The lowest BCUT2D eigenvalue weighted by atomic mass is 10.0. The normalized spacial score (nSPS) is 12.6. The van der Waals surface area contributed by atoms with Crippen LogP contribution in [0.25, 0.3) is 0 Å². The van der Waals surface area contributed by atoms with Gasteiger partial charge in [0.25, 0.3) is 0 Å². The van der Waals surface area contributed by atoms with E-state index in [4.69, 9.17) is 0 Å². The standard InChI is InChI=1S/C15H30O2/c1-3-5-6-7-11-15(17)13-9-8-12-14(16)10-4-2/h15,17H,3-13H2,1-2H3/t15-/m0/s1. The molecule has 0 saturated carbocycles. The molecular formula is C15H30O2. The van der Waals surface area contributed by atoms with Gasteiger partial charge >= 0.3 is 0 Å². The van der Waals surface area contributed by atoms with Gasteiger partial charge in [0.2, 0.25) is 0 Å². The van der Waals surface area contributed by atoms with E-state index in [1.807, 2.05) is 6.92 Å². The van der Waals surface area contributed by atoms with Gasteiger partial charge in [0.1, 0.15) is 5.78 Å². The minimum atomic E-state index is -0.145. The number of carbonyl (C=O) groups excluding carboxylic acids is 1. The van der Waals surface area contributed by atoms with E-state index >= 15 is 0 Å². The number of Topliss-reactive ketones (excluding diaryl/α,β-unsaturated/α-hetero) is 1. The molecule has 0 bridgehead atoms. The molecule has 1 atom stereocenters.